The highest BCUT2D eigenvalue weighted by Crippen LogP contribution is 2.49. The van der Waals surface area contributed by atoms with Crippen LogP contribution >= 0.6 is 0 Å². The Hall–Kier alpha value is -1.40. The van der Waals surface area contributed by atoms with Gasteiger partial charge in [-0.3, -0.25) is 14.4 Å². The summed E-state index contributed by atoms with van der Waals surface area (Å²) in [6.45, 7) is 6.23. The molecule has 0 unspecified atom stereocenters. The number of hydrogen-bond donors (Lipinski definition) is 0. The van der Waals surface area contributed by atoms with E-state index in [2.05, 4.69) is 30.0 Å². The summed E-state index contributed by atoms with van der Waals surface area (Å²) >= 11 is 0. The lowest BCUT2D eigenvalue weighted by Gasteiger charge is -2.39. The molecule has 0 radical (unpaired) electrons. The summed E-state index contributed by atoms with van der Waals surface area (Å²) in [7, 11) is 5.58. The lowest BCUT2D eigenvalue weighted by atomic mass is 9.82. The highest BCUT2D eigenvalue weighted by Gasteiger charge is 2.57. The zero-order valence-corrected chi connectivity index (χ0v) is 15.6. The molecule has 2 aliphatic rings. The molecule has 6 heteroatoms. The van der Waals surface area contributed by atoms with Crippen molar-refractivity contribution in [3.05, 3.63) is 18.0 Å². The van der Waals surface area contributed by atoms with E-state index in [-0.39, 0.29) is 23.2 Å². The molecule has 24 heavy (non-hydrogen) atoms. The fraction of sp³-hybridized carbons (Fsp3) is 0.778. The van der Waals surface area contributed by atoms with Gasteiger partial charge in [-0.15, -0.1) is 0 Å². The van der Waals surface area contributed by atoms with Crippen LogP contribution in [0.3, 0.4) is 0 Å². The van der Waals surface area contributed by atoms with E-state index in [1.165, 1.54) is 5.56 Å². The Morgan fingerprint density at radius 1 is 1.46 bits per heavy atom. The molecule has 1 amide bonds. The molecule has 134 valence electrons. The monoisotopic (exact) mass is 334 g/mol. The molecule has 2 saturated heterocycles. The van der Waals surface area contributed by atoms with Gasteiger partial charge in [0.15, 0.2) is 0 Å². The van der Waals surface area contributed by atoms with E-state index in [1.807, 2.05) is 32.0 Å². The number of ether oxygens (including phenoxy) is 1. The molecule has 1 aromatic heterocycles. The average molecular weight is 334 g/mol. The number of hydrogen-bond acceptors (Lipinski definition) is 4. The van der Waals surface area contributed by atoms with Gasteiger partial charge in [-0.2, -0.15) is 5.10 Å². The van der Waals surface area contributed by atoms with Crippen LogP contribution in [0.1, 0.15) is 45.1 Å². The van der Waals surface area contributed by atoms with E-state index in [4.69, 9.17) is 4.74 Å². The first-order valence-corrected chi connectivity index (χ1v) is 8.82. The van der Waals surface area contributed by atoms with Crippen LogP contribution in [-0.2, 0) is 23.1 Å². The highest BCUT2D eigenvalue weighted by atomic mass is 16.5. The summed E-state index contributed by atoms with van der Waals surface area (Å²) in [5.41, 5.74) is 1.00. The zero-order valence-electron chi connectivity index (χ0n) is 15.6. The summed E-state index contributed by atoms with van der Waals surface area (Å²) in [6.07, 6.45) is 7.67. The Kier molecular flexibility index (Phi) is 4.47. The minimum Gasteiger partial charge on any atom is -0.370 e. The van der Waals surface area contributed by atoms with Crippen molar-refractivity contribution in [2.75, 3.05) is 20.6 Å². The number of amides is 1. The maximum atomic E-state index is 12.3. The Balaban J connectivity index is 1.84. The van der Waals surface area contributed by atoms with E-state index in [0.717, 1.165) is 32.4 Å². The second-order valence-electron chi connectivity index (χ2n) is 8.19. The minimum absolute atomic E-state index is 0.0367. The molecule has 0 N–H and O–H groups in total. The largest absolute Gasteiger partial charge is 0.370 e. The van der Waals surface area contributed by atoms with Crippen LogP contribution < -0.4 is 0 Å². The lowest BCUT2D eigenvalue weighted by Crippen LogP contribution is -2.51. The van der Waals surface area contributed by atoms with Gasteiger partial charge in [0.25, 0.3) is 0 Å². The lowest BCUT2D eigenvalue weighted by molar-refractivity contribution is -0.134. The standard InChI is InChI=1S/C18H30N4O2/c1-17(2)13-18(15(24-17)9-16(23)20(3)4)7-6-8-22(18)12-14-10-19-21(5)11-14/h10-11,15H,6-9,12-13H2,1-5H3/t15-,18+/m0/s1. The summed E-state index contributed by atoms with van der Waals surface area (Å²) in [6, 6.07) is 0. The van der Waals surface area contributed by atoms with Crippen molar-refractivity contribution in [3.8, 4) is 0 Å². The van der Waals surface area contributed by atoms with Crippen LogP contribution in [0.25, 0.3) is 0 Å². The van der Waals surface area contributed by atoms with E-state index in [1.54, 1.807) is 4.90 Å². The molecule has 1 spiro atoms. The molecule has 0 bridgehead atoms. The number of aromatic nitrogens is 2. The first-order valence-electron chi connectivity index (χ1n) is 8.82. The van der Waals surface area contributed by atoms with Crippen molar-refractivity contribution < 1.29 is 9.53 Å². The third-order valence-electron chi connectivity index (χ3n) is 5.45. The van der Waals surface area contributed by atoms with Crippen LogP contribution in [-0.4, -0.2) is 63.4 Å². The van der Waals surface area contributed by atoms with Crippen LogP contribution in [0.4, 0.5) is 0 Å². The van der Waals surface area contributed by atoms with Gasteiger partial charge in [-0.05, 0) is 39.7 Å². The summed E-state index contributed by atoms with van der Waals surface area (Å²) in [4.78, 5) is 16.5. The predicted octanol–water partition coefficient (Wildman–Crippen LogP) is 1.80. The van der Waals surface area contributed by atoms with Gasteiger partial charge >= 0.3 is 0 Å². The predicted molar refractivity (Wildman–Crippen MR) is 92.5 cm³/mol. The first kappa shape index (κ1) is 17.4. The molecular weight excluding hydrogens is 304 g/mol. The molecule has 0 saturated carbocycles. The van der Waals surface area contributed by atoms with Crippen molar-refractivity contribution in [1.29, 1.82) is 0 Å². The van der Waals surface area contributed by atoms with E-state index in [9.17, 15) is 4.79 Å². The van der Waals surface area contributed by atoms with Crippen molar-refractivity contribution in [2.24, 2.45) is 7.05 Å². The Bertz CT molecular complexity index is 610. The number of rotatable bonds is 4. The van der Waals surface area contributed by atoms with Crippen molar-refractivity contribution in [3.63, 3.8) is 0 Å². The normalized spacial score (nSPS) is 29.5. The summed E-state index contributed by atoms with van der Waals surface area (Å²) in [5, 5.41) is 4.29. The number of nitrogens with zero attached hydrogens (tertiary/aromatic N) is 4. The smallest absolute Gasteiger partial charge is 0.224 e. The van der Waals surface area contributed by atoms with E-state index < -0.39 is 0 Å². The molecule has 0 aromatic carbocycles. The second-order valence-corrected chi connectivity index (χ2v) is 8.19. The number of likely N-dealkylation sites (tertiary alicyclic amines) is 1. The summed E-state index contributed by atoms with van der Waals surface area (Å²) < 4.78 is 8.22. The quantitative estimate of drug-likeness (QED) is 0.842. The van der Waals surface area contributed by atoms with Gasteiger partial charge in [0, 0.05) is 39.4 Å². The third kappa shape index (κ3) is 3.22. The molecule has 0 aliphatic carbocycles. The van der Waals surface area contributed by atoms with Crippen molar-refractivity contribution in [1.82, 2.24) is 19.6 Å². The molecule has 2 atom stereocenters. The van der Waals surface area contributed by atoms with Gasteiger partial charge in [0.1, 0.15) is 0 Å². The molecule has 3 rings (SSSR count). The fourth-order valence-corrected chi connectivity index (χ4v) is 4.49. The maximum Gasteiger partial charge on any atom is 0.224 e. The molecule has 1 aromatic rings. The van der Waals surface area contributed by atoms with Gasteiger partial charge in [0.2, 0.25) is 5.91 Å². The van der Waals surface area contributed by atoms with Crippen LogP contribution in [0.2, 0.25) is 0 Å². The highest BCUT2D eigenvalue weighted by molar-refractivity contribution is 5.76. The number of carbonyl (C=O) groups is 1. The molecule has 3 heterocycles. The average Bonchev–Trinajstić information content (AvgIpc) is 3.11. The van der Waals surface area contributed by atoms with Crippen LogP contribution in [0, 0.1) is 0 Å². The third-order valence-corrected chi connectivity index (χ3v) is 5.45. The molecular formula is C18H30N4O2. The van der Waals surface area contributed by atoms with Gasteiger partial charge in [-0.25, -0.2) is 0 Å². The molecule has 2 fully saturated rings. The van der Waals surface area contributed by atoms with Crippen molar-refractivity contribution >= 4 is 5.91 Å². The van der Waals surface area contributed by atoms with Crippen LogP contribution in [0.15, 0.2) is 12.4 Å². The van der Waals surface area contributed by atoms with E-state index >= 15 is 0 Å². The first-order chi connectivity index (χ1) is 11.2. The maximum absolute atomic E-state index is 12.3. The number of carbonyl (C=O) groups excluding carboxylic acids is 1. The van der Waals surface area contributed by atoms with Crippen molar-refractivity contribution in [2.45, 2.75) is 63.3 Å². The Morgan fingerprint density at radius 3 is 2.83 bits per heavy atom. The molecule has 2 aliphatic heterocycles. The Labute approximate surface area is 144 Å². The van der Waals surface area contributed by atoms with Gasteiger partial charge in [0.05, 0.1) is 29.9 Å². The topological polar surface area (TPSA) is 50.6 Å². The van der Waals surface area contributed by atoms with Crippen LogP contribution in [0.5, 0.6) is 0 Å². The fourth-order valence-electron chi connectivity index (χ4n) is 4.49. The SMILES string of the molecule is CN(C)C(=O)C[C@@H]1OC(C)(C)C[C@]12CCCN2Cc1cnn(C)c1. The van der Waals surface area contributed by atoms with E-state index in [0.29, 0.717) is 6.42 Å². The zero-order chi connectivity index (χ0) is 17.5. The molecule has 6 nitrogen and oxygen atoms in total. The number of aryl methyl sites for hydroxylation is 1. The van der Waals surface area contributed by atoms with Gasteiger partial charge < -0.3 is 9.64 Å². The second kappa shape index (κ2) is 6.15. The van der Waals surface area contributed by atoms with Gasteiger partial charge in [-0.1, -0.05) is 0 Å². The summed E-state index contributed by atoms with van der Waals surface area (Å²) in [5.74, 6) is 0.144. The Morgan fingerprint density at radius 2 is 2.21 bits per heavy atom. The minimum atomic E-state index is -0.186.